The molecule has 2 aromatic heterocycles. The number of ether oxygens (including phenoxy) is 1. The van der Waals surface area contributed by atoms with Crippen LogP contribution in [0.2, 0.25) is 0 Å². The summed E-state index contributed by atoms with van der Waals surface area (Å²) < 4.78 is 7.28. The molecule has 0 saturated heterocycles. The zero-order valence-electron chi connectivity index (χ0n) is 13.2. The second-order valence-corrected chi connectivity index (χ2v) is 7.11. The molecule has 0 bridgehead atoms. The van der Waals surface area contributed by atoms with Crippen LogP contribution in [0.25, 0.3) is 0 Å². The van der Waals surface area contributed by atoms with Gasteiger partial charge >= 0.3 is 5.97 Å². The highest BCUT2D eigenvalue weighted by Gasteiger charge is 2.17. The van der Waals surface area contributed by atoms with Gasteiger partial charge in [-0.25, -0.2) is 0 Å². The van der Waals surface area contributed by atoms with Gasteiger partial charge in [0.2, 0.25) is 5.13 Å². The van der Waals surface area contributed by atoms with Crippen LogP contribution in [0.5, 0.6) is 0 Å². The summed E-state index contributed by atoms with van der Waals surface area (Å²) in [6.45, 7) is 4.29. The van der Waals surface area contributed by atoms with Crippen LogP contribution in [0.1, 0.15) is 28.2 Å². The molecule has 0 aliphatic carbocycles. The van der Waals surface area contributed by atoms with E-state index in [1.807, 2.05) is 24.5 Å². The highest BCUT2D eigenvalue weighted by atomic mass is 32.2. The number of aromatic nitrogens is 3. The molecule has 0 atom stereocenters. The normalized spacial score (nSPS) is 10.7. The predicted octanol–water partition coefficient (Wildman–Crippen LogP) is 2.08. The lowest BCUT2D eigenvalue weighted by Gasteiger charge is -2.08. The first-order chi connectivity index (χ1) is 10.9. The lowest BCUT2D eigenvalue weighted by molar-refractivity contribution is -0.140. The number of hydrogen-bond donors (Lipinski definition) is 1. The Morgan fingerprint density at radius 3 is 2.74 bits per heavy atom. The Hall–Kier alpha value is -1.87. The number of methoxy groups -OCH3 is 1. The highest BCUT2D eigenvalue weighted by molar-refractivity contribution is 8.01. The minimum absolute atomic E-state index is 0.0150. The molecule has 0 amide bonds. The largest absolute Gasteiger partial charge is 0.469 e. The number of anilines is 1. The summed E-state index contributed by atoms with van der Waals surface area (Å²) in [5.74, 6) is 0.0200. The Bertz CT molecular complexity index is 724. The van der Waals surface area contributed by atoms with Crippen molar-refractivity contribution in [2.75, 3.05) is 18.6 Å². The van der Waals surface area contributed by atoms with Gasteiger partial charge < -0.3 is 15.0 Å². The fourth-order valence-electron chi connectivity index (χ4n) is 2.22. The summed E-state index contributed by atoms with van der Waals surface area (Å²) in [6, 6.07) is 1.85. The Balaban J connectivity index is 2.04. The van der Waals surface area contributed by atoms with Gasteiger partial charge in [-0.1, -0.05) is 23.1 Å². The summed E-state index contributed by atoms with van der Waals surface area (Å²) in [5, 5.41) is 7.99. The molecule has 0 radical (unpaired) electrons. The van der Waals surface area contributed by atoms with Crippen LogP contribution in [-0.4, -0.2) is 39.4 Å². The van der Waals surface area contributed by atoms with Crippen molar-refractivity contribution in [3.63, 3.8) is 0 Å². The number of Topliss-reactive ketones (excluding diaryl/α,β-unsaturated/α-hetero) is 1. The van der Waals surface area contributed by atoms with Crippen molar-refractivity contribution in [2.24, 2.45) is 0 Å². The third-order valence-corrected chi connectivity index (χ3v) is 5.28. The number of ketones is 1. The van der Waals surface area contributed by atoms with Crippen LogP contribution in [-0.2, 0) is 16.1 Å². The van der Waals surface area contributed by atoms with Crippen LogP contribution in [0, 0.1) is 13.8 Å². The number of nitrogens with two attached hydrogens (primary N) is 1. The van der Waals surface area contributed by atoms with Crippen molar-refractivity contribution in [2.45, 2.75) is 31.2 Å². The minimum Gasteiger partial charge on any atom is -0.469 e. The fourth-order valence-corrected chi connectivity index (χ4v) is 3.74. The average Bonchev–Trinajstić information content (AvgIpc) is 3.06. The second-order valence-electron chi connectivity index (χ2n) is 4.88. The maximum absolute atomic E-state index is 12.4. The van der Waals surface area contributed by atoms with Gasteiger partial charge in [-0.3, -0.25) is 9.59 Å². The van der Waals surface area contributed by atoms with Crippen LogP contribution < -0.4 is 5.73 Å². The van der Waals surface area contributed by atoms with E-state index in [0.29, 0.717) is 21.6 Å². The lowest BCUT2D eigenvalue weighted by Crippen LogP contribution is -2.10. The zero-order chi connectivity index (χ0) is 17.0. The monoisotopic (exact) mass is 354 g/mol. The predicted molar refractivity (Wildman–Crippen MR) is 89.9 cm³/mol. The first-order valence-corrected chi connectivity index (χ1v) is 8.71. The smallest absolute Gasteiger partial charge is 0.307 e. The minimum atomic E-state index is -0.269. The number of rotatable bonds is 7. The summed E-state index contributed by atoms with van der Waals surface area (Å²) in [7, 11) is 1.37. The molecule has 0 aliphatic rings. The number of thioether (sulfide) groups is 1. The first kappa shape index (κ1) is 17.5. The quantitative estimate of drug-likeness (QED) is 0.461. The van der Waals surface area contributed by atoms with E-state index in [9.17, 15) is 9.59 Å². The number of nitrogen functional groups attached to an aromatic ring is 1. The van der Waals surface area contributed by atoms with Gasteiger partial charge in [-0.05, 0) is 19.9 Å². The number of carbonyl (C=O) groups is 2. The van der Waals surface area contributed by atoms with Crippen molar-refractivity contribution in [3.8, 4) is 0 Å². The molecule has 2 aromatic rings. The van der Waals surface area contributed by atoms with E-state index in [4.69, 9.17) is 5.73 Å². The van der Waals surface area contributed by atoms with Gasteiger partial charge in [-0.15, -0.1) is 10.2 Å². The summed E-state index contributed by atoms with van der Waals surface area (Å²) in [6.07, 6.45) is 0.277. The lowest BCUT2D eigenvalue weighted by atomic mass is 10.2. The molecule has 2 heterocycles. The highest BCUT2D eigenvalue weighted by Crippen LogP contribution is 2.25. The van der Waals surface area contributed by atoms with E-state index >= 15 is 0 Å². The molecule has 0 aliphatic heterocycles. The van der Waals surface area contributed by atoms with Crippen molar-refractivity contribution >= 4 is 40.0 Å². The maximum Gasteiger partial charge on any atom is 0.307 e. The third-order valence-electron chi connectivity index (χ3n) is 3.39. The molecule has 0 spiro atoms. The molecule has 0 fully saturated rings. The van der Waals surface area contributed by atoms with Crippen LogP contribution in [0.3, 0.4) is 0 Å². The SMILES string of the molecule is COC(=O)CCn1c(C)cc(C(=O)CSc2nnc(N)s2)c1C. The number of carbonyl (C=O) groups excluding carboxylic acids is 2. The zero-order valence-corrected chi connectivity index (χ0v) is 14.8. The standard InChI is InChI=1S/C14H18N4O3S2/c1-8-6-10(9(2)18(8)5-4-12(20)21-3)11(19)7-22-14-17-16-13(15)23-14/h6H,4-5,7H2,1-3H3,(H2,15,16). The summed E-state index contributed by atoms with van der Waals surface area (Å²) in [4.78, 5) is 23.7. The molecule has 7 nitrogen and oxygen atoms in total. The molecular weight excluding hydrogens is 336 g/mol. The van der Waals surface area contributed by atoms with E-state index in [-0.39, 0.29) is 23.9 Å². The Morgan fingerprint density at radius 1 is 1.39 bits per heavy atom. The Morgan fingerprint density at radius 2 is 2.13 bits per heavy atom. The number of hydrogen-bond acceptors (Lipinski definition) is 8. The summed E-state index contributed by atoms with van der Waals surface area (Å²) >= 11 is 2.58. The van der Waals surface area contributed by atoms with Gasteiger partial charge in [0.15, 0.2) is 10.1 Å². The number of esters is 1. The fraction of sp³-hybridized carbons (Fsp3) is 0.429. The first-order valence-electron chi connectivity index (χ1n) is 6.91. The van der Waals surface area contributed by atoms with Crippen molar-refractivity contribution in [1.82, 2.24) is 14.8 Å². The van der Waals surface area contributed by atoms with E-state index in [1.54, 1.807) is 0 Å². The summed E-state index contributed by atoms with van der Waals surface area (Å²) in [5.41, 5.74) is 7.98. The maximum atomic E-state index is 12.4. The number of aryl methyl sites for hydroxylation is 1. The Labute approximate surface area is 142 Å². The molecule has 2 N–H and O–H groups in total. The van der Waals surface area contributed by atoms with Gasteiger partial charge in [0.1, 0.15) is 0 Å². The second kappa shape index (κ2) is 7.60. The molecule has 0 saturated carbocycles. The molecule has 0 unspecified atom stereocenters. The van der Waals surface area contributed by atoms with Crippen molar-refractivity contribution in [1.29, 1.82) is 0 Å². The molecule has 23 heavy (non-hydrogen) atoms. The average molecular weight is 354 g/mol. The van der Waals surface area contributed by atoms with Crippen molar-refractivity contribution < 1.29 is 14.3 Å². The van der Waals surface area contributed by atoms with E-state index < -0.39 is 0 Å². The molecule has 9 heteroatoms. The van der Waals surface area contributed by atoms with E-state index in [1.165, 1.54) is 30.2 Å². The van der Waals surface area contributed by atoms with Crippen LogP contribution in [0.15, 0.2) is 10.4 Å². The third kappa shape index (κ3) is 4.32. The molecule has 2 rings (SSSR count). The van der Waals surface area contributed by atoms with Gasteiger partial charge in [0.05, 0.1) is 19.3 Å². The molecular formula is C14H18N4O3S2. The van der Waals surface area contributed by atoms with Crippen molar-refractivity contribution in [3.05, 3.63) is 23.0 Å². The van der Waals surface area contributed by atoms with Crippen LogP contribution in [0.4, 0.5) is 5.13 Å². The number of nitrogens with zero attached hydrogens (tertiary/aromatic N) is 3. The molecule has 124 valence electrons. The molecule has 0 aromatic carbocycles. The van der Waals surface area contributed by atoms with Crippen LogP contribution >= 0.6 is 23.1 Å². The van der Waals surface area contributed by atoms with Gasteiger partial charge in [-0.2, -0.15) is 0 Å². The van der Waals surface area contributed by atoms with Gasteiger partial charge in [0.25, 0.3) is 0 Å². The Kier molecular flexibility index (Phi) is 5.78. The van der Waals surface area contributed by atoms with Gasteiger partial charge in [0, 0.05) is 23.5 Å². The topological polar surface area (TPSA) is 100 Å². The van der Waals surface area contributed by atoms with E-state index in [0.717, 1.165) is 11.4 Å². The van der Waals surface area contributed by atoms with E-state index in [2.05, 4.69) is 14.9 Å².